The van der Waals surface area contributed by atoms with Crippen molar-refractivity contribution < 1.29 is 13.7 Å². The molecule has 6 heteroatoms. The van der Waals surface area contributed by atoms with Gasteiger partial charge in [0, 0.05) is 25.2 Å². The first kappa shape index (κ1) is 21.2. The summed E-state index contributed by atoms with van der Waals surface area (Å²) in [6.07, 6.45) is 3.79. The first-order valence-electron chi connectivity index (χ1n) is 11.1. The molecule has 4 rings (SSSR count). The van der Waals surface area contributed by atoms with Crippen molar-refractivity contribution in [2.24, 2.45) is 11.8 Å². The predicted octanol–water partition coefficient (Wildman–Crippen LogP) is 5.47. The van der Waals surface area contributed by atoms with Gasteiger partial charge >= 0.3 is 0 Å². The summed E-state index contributed by atoms with van der Waals surface area (Å²) in [5.74, 6) is 2.06. The van der Waals surface area contributed by atoms with Crippen LogP contribution in [0.25, 0.3) is 11.3 Å². The van der Waals surface area contributed by atoms with Crippen LogP contribution in [0.2, 0.25) is 0 Å². The van der Waals surface area contributed by atoms with E-state index in [1.165, 1.54) is 6.26 Å². The van der Waals surface area contributed by atoms with Gasteiger partial charge in [0.05, 0.1) is 18.4 Å². The molecule has 0 bridgehead atoms. The molecule has 0 radical (unpaired) electrons. The van der Waals surface area contributed by atoms with Crippen LogP contribution in [0.3, 0.4) is 0 Å². The van der Waals surface area contributed by atoms with Crippen LogP contribution in [0.1, 0.15) is 49.7 Å². The molecule has 0 spiro atoms. The fourth-order valence-electron chi connectivity index (χ4n) is 4.13. The minimum atomic E-state index is -0.114. The van der Waals surface area contributed by atoms with Gasteiger partial charge in [-0.1, -0.05) is 56.3 Å². The minimum Gasteiger partial charge on any atom is -0.459 e. The summed E-state index contributed by atoms with van der Waals surface area (Å²) in [4.78, 5) is 17.3. The number of anilines is 1. The highest BCUT2D eigenvalue weighted by Crippen LogP contribution is 2.35. The normalized spacial score (nSPS) is 14.9. The summed E-state index contributed by atoms with van der Waals surface area (Å²) in [5, 5.41) is 4.46. The zero-order valence-corrected chi connectivity index (χ0v) is 18.6. The first-order valence-corrected chi connectivity index (χ1v) is 11.1. The van der Waals surface area contributed by atoms with Crippen molar-refractivity contribution in [1.29, 1.82) is 0 Å². The van der Waals surface area contributed by atoms with E-state index >= 15 is 0 Å². The molecule has 0 atom stereocenters. The lowest BCUT2D eigenvalue weighted by Gasteiger charge is -2.31. The SMILES string of the molecule is CC(C)CN(Cc1c(-c2ccccc2)noc1N1CCC(C)CC1)C(=O)c1ccco1. The molecule has 1 aromatic carbocycles. The van der Waals surface area contributed by atoms with Gasteiger partial charge in [0.15, 0.2) is 5.76 Å². The van der Waals surface area contributed by atoms with Gasteiger partial charge in [-0.2, -0.15) is 0 Å². The average Bonchev–Trinajstić information content (AvgIpc) is 3.44. The Kier molecular flexibility index (Phi) is 6.44. The van der Waals surface area contributed by atoms with Crippen LogP contribution >= 0.6 is 0 Å². The quantitative estimate of drug-likeness (QED) is 0.506. The number of hydrogen-bond acceptors (Lipinski definition) is 5. The molecule has 0 N–H and O–H groups in total. The lowest BCUT2D eigenvalue weighted by atomic mass is 9.98. The molecule has 1 amide bonds. The molecule has 1 aliphatic heterocycles. The second kappa shape index (κ2) is 9.41. The highest BCUT2D eigenvalue weighted by Gasteiger charge is 2.29. The van der Waals surface area contributed by atoms with Crippen LogP contribution in [0.5, 0.6) is 0 Å². The number of aromatic nitrogens is 1. The number of furan rings is 1. The predicted molar refractivity (Wildman–Crippen MR) is 121 cm³/mol. The highest BCUT2D eigenvalue weighted by atomic mass is 16.5. The van der Waals surface area contributed by atoms with Crippen LogP contribution in [0, 0.1) is 11.8 Å². The maximum absolute atomic E-state index is 13.2. The Labute approximate surface area is 183 Å². The second-order valence-electron chi connectivity index (χ2n) is 8.91. The fraction of sp³-hybridized carbons (Fsp3) is 0.440. The highest BCUT2D eigenvalue weighted by molar-refractivity contribution is 5.91. The summed E-state index contributed by atoms with van der Waals surface area (Å²) in [6.45, 7) is 9.44. The minimum absolute atomic E-state index is 0.114. The van der Waals surface area contributed by atoms with Gasteiger partial charge < -0.3 is 18.7 Å². The molecule has 0 aliphatic carbocycles. The summed E-state index contributed by atoms with van der Waals surface area (Å²) in [5.41, 5.74) is 2.75. The van der Waals surface area contributed by atoms with Crippen molar-refractivity contribution >= 4 is 11.8 Å². The molecule has 2 aromatic heterocycles. The zero-order chi connectivity index (χ0) is 21.8. The van der Waals surface area contributed by atoms with Gasteiger partial charge in [-0.15, -0.1) is 0 Å². The van der Waals surface area contributed by atoms with E-state index in [1.54, 1.807) is 12.1 Å². The number of benzene rings is 1. The average molecular weight is 422 g/mol. The van der Waals surface area contributed by atoms with Crippen molar-refractivity contribution in [2.75, 3.05) is 24.5 Å². The zero-order valence-electron chi connectivity index (χ0n) is 18.6. The molecule has 1 aliphatic rings. The maximum atomic E-state index is 13.2. The molecule has 3 aromatic rings. The maximum Gasteiger partial charge on any atom is 0.289 e. The molecule has 1 fully saturated rings. The molecule has 1 saturated heterocycles. The lowest BCUT2D eigenvalue weighted by molar-refractivity contribution is 0.0690. The summed E-state index contributed by atoms with van der Waals surface area (Å²) in [6, 6.07) is 13.5. The third-order valence-electron chi connectivity index (χ3n) is 5.84. The molecule has 0 unspecified atom stereocenters. The van der Waals surface area contributed by atoms with Gasteiger partial charge in [-0.25, -0.2) is 0 Å². The number of piperidine rings is 1. The monoisotopic (exact) mass is 421 g/mol. The Hall–Kier alpha value is -3.02. The number of carbonyl (C=O) groups is 1. The third kappa shape index (κ3) is 4.84. The van der Waals surface area contributed by atoms with Gasteiger partial charge in [0.1, 0.15) is 5.69 Å². The van der Waals surface area contributed by atoms with Crippen LogP contribution in [0.15, 0.2) is 57.7 Å². The van der Waals surface area contributed by atoms with Gasteiger partial charge in [-0.3, -0.25) is 4.79 Å². The number of rotatable bonds is 7. The molecule has 31 heavy (non-hydrogen) atoms. The van der Waals surface area contributed by atoms with E-state index in [0.29, 0.717) is 30.7 Å². The van der Waals surface area contributed by atoms with E-state index in [2.05, 4.69) is 30.8 Å². The third-order valence-corrected chi connectivity index (χ3v) is 5.84. The molecule has 0 saturated carbocycles. The Morgan fingerprint density at radius 1 is 1.16 bits per heavy atom. The van der Waals surface area contributed by atoms with Gasteiger partial charge in [-0.05, 0) is 36.8 Å². The van der Waals surface area contributed by atoms with Crippen molar-refractivity contribution in [1.82, 2.24) is 10.1 Å². The molecular weight excluding hydrogens is 390 g/mol. The first-order chi connectivity index (χ1) is 15.0. The summed E-state index contributed by atoms with van der Waals surface area (Å²) in [7, 11) is 0. The standard InChI is InChI=1S/C25H31N3O3/c1-18(2)16-28(24(29)22-10-7-15-30-22)17-21-23(20-8-5-4-6-9-20)26-31-25(21)27-13-11-19(3)12-14-27/h4-10,15,18-19H,11-14,16-17H2,1-3H3. The van der Waals surface area contributed by atoms with Crippen molar-refractivity contribution in [3.8, 4) is 11.3 Å². The number of nitrogens with zero attached hydrogens (tertiary/aromatic N) is 3. The number of amides is 1. The van der Waals surface area contributed by atoms with Gasteiger partial charge in [0.2, 0.25) is 5.88 Å². The van der Waals surface area contributed by atoms with Crippen LogP contribution in [-0.4, -0.2) is 35.6 Å². The largest absolute Gasteiger partial charge is 0.459 e. The number of hydrogen-bond donors (Lipinski definition) is 0. The summed E-state index contributed by atoms with van der Waals surface area (Å²) < 4.78 is 11.3. The van der Waals surface area contributed by atoms with Crippen molar-refractivity contribution in [2.45, 2.75) is 40.2 Å². The Bertz CT molecular complexity index is 971. The van der Waals surface area contributed by atoms with E-state index < -0.39 is 0 Å². The van der Waals surface area contributed by atoms with E-state index in [9.17, 15) is 4.79 Å². The smallest absolute Gasteiger partial charge is 0.289 e. The van der Waals surface area contributed by atoms with Crippen LogP contribution < -0.4 is 4.90 Å². The Morgan fingerprint density at radius 3 is 2.55 bits per heavy atom. The molecule has 3 heterocycles. The van der Waals surface area contributed by atoms with E-state index in [-0.39, 0.29) is 5.91 Å². The van der Waals surface area contributed by atoms with E-state index in [0.717, 1.165) is 48.6 Å². The van der Waals surface area contributed by atoms with Crippen molar-refractivity contribution in [3.05, 3.63) is 60.1 Å². The van der Waals surface area contributed by atoms with E-state index in [1.807, 2.05) is 35.2 Å². The topological polar surface area (TPSA) is 62.7 Å². The van der Waals surface area contributed by atoms with Crippen LogP contribution in [-0.2, 0) is 6.54 Å². The Morgan fingerprint density at radius 2 is 1.90 bits per heavy atom. The fourth-order valence-corrected chi connectivity index (χ4v) is 4.13. The Balaban J connectivity index is 1.71. The van der Waals surface area contributed by atoms with Gasteiger partial charge in [0.25, 0.3) is 5.91 Å². The molecule has 6 nitrogen and oxygen atoms in total. The second-order valence-corrected chi connectivity index (χ2v) is 8.91. The van der Waals surface area contributed by atoms with E-state index in [4.69, 9.17) is 8.94 Å². The lowest BCUT2D eigenvalue weighted by Crippen LogP contribution is -2.36. The number of carbonyl (C=O) groups excluding carboxylic acids is 1. The van der Waals surface area contributed by atoms with Crippen molar-refractivity contribution in [3.63, 3.8) is 0 Å². The molecule has 164 valence electrons. The van der Waals surface area contributed by atoms with Crippen LogP contribution in [0.4, 0.5) is 5.88 Å². The molecular formula is C25H31N3O3. The summed E-state index contributed by atoms with van der Waals surface area (Å²) >= 11 is 0.